The van der Waals surface area contributed by atoms with Crippen molar-refractivity contribution >= 4 is 11.4 Å². The van der Waals surface area contributed by atoms with Crippen molar-refractivity contribution in [1.82, 2.24) is 9.55 Å². The summed E-state index contributed by atoms with van der Waals surface area (Å²) in [6.45, 7) is 13.8. The van der Waals surface area contributed by atoms with Crippen molar-refractivity contribution in [2.24, 2.45) is 16.4 Å². The van der Waals surface area contributed by atoms with E-state index in [9.17, 15) is 0 Å². The molecule has 1 heterocycles. The molecule has 5 heteroatoms. The maximum atomic E-state index is 6.28. The van der Waals surface area contributed by atoms with Crippen LogP contribution in [0.15, 0.2) is 84.1 Å². The predicted octanol–water partition coefficient (Wildman–Crippen LogP) is 6.11. The van der Waals surface area contributed by atoms with E-state index >= 15 is 0 Å². The van der Waals surface area contributed by atoms with Crippen LogP contribution in [-0.4, -0.2) is 15.3 Å². The van der Waals surface area contributed by atoms with Gasteiger partial charge in [-0.2, -0.15) is 10.2 Å². The number of hydrazone groups is 1. The zero-order valence-corrected chi connectivity index (χ0v) is 20.8. The molecule has 0 atom stereocenters. The van der Waals surface area contributed by atoms with Gasteiger partial charge in [0.2, 0.25) is 0 Å². The fraction of sp³-hybridized carbons (Fsp3) is 0.357. The first-order valence-electron chi connectivity index (χ1n) is 11.5. The van der Waals surface area contributed by atoms with Crippen molar-refractivity contribution in [1.29, 1.82) is 0 Å². The van der Waals surface area contributed by atoms with E-state index in [-0.39, 0.29) is 10.8 Å². The summed E-state index contributed by atoms with van der Waals surface area (Å²) >= 11 is 0. The maximum absolute atomic E-state index is 6.28. The van der Waals surface area contributed by atoms with E-state index < -0.39 is 0 Å². The number of allylic oxidation sites excluding steroid dienone is 2. The number of imidazole rings is 1. The van der Waals surface area contributed by atoms with Crippen molar-refractivity contribution in [2.45, 2.75) is 59.9 Å². The van der Waals surface area contributed by atoms with Gasteiger partial charge in [-0.25, -0.2) is 10.8 Å². The molecule has 0 aliphatic heterocycles. The number of hydrazine groups is 1. The van der Waals surface area contributed by atoms with Gasteiger partial charge >= 0.3 is 0 Å². The molecular formula is C28H37N5. The Balaban J connectivity index is 1.91. The van der Waals surface area contributed by atoms with Gasteiger partial charge in [0.1, 0.15) is 5.82 Å². The van der Waals surface area contributed by atoms with Crippen LogP contribution >= 0.6 is 0 Å². The maximum Gasteiger partial charge on any atom is 0.114 e. The molecule has 1 aromatic heterocycles. The molecule has 33 heavy (non-hydrogen) atoms. The van der Waals surface area contributed by atoms with Gasteiger partial charge in [-0.05, 0) is 30.7 Å². The summed E-state index contributed by atoms with van der Waals surface area (Å²) in [5.41, 5.74) is 3.76. The van der Waals surface area contributed by atoms with Crippen LogP contribution in [-0.2, 0) is 18.4 Å². The highest BCUT2D eigenvalue weighted by Gasteiger charge is 2.28. The van der Waals surface area contributed by atoms with Crippen LogP contribution in [0.4, 0.5) is 5.69 Å². The Bertz CT molecular complexity index is 1090. The highest BCUT2D eigenvalue weighted by atomic mass is 15.6. The second-order valence-electron chi connectivity index (χ2n) is 10.1. The van der Waals surface area contributed by atoms with E-state index in [0.717, 1.165) is 35.9 Å². The Morgan fingerprint density at radius 3 is 2.18 bits per heavy atom. The molecule has 174 valence electrons. The fourth-order valence-corrected chi connectivity index (χ4v) is 3.90. The first-order valence-corrected chi connectivity index (χ1v) is 11.5. The molecule has 0 saturated heterocycles. The van der Waals surface area contributed by atoms with E-state index in [1.165, 1.54) is 10.7 Å². The lowest BCUT2D eigenvalue weighted by molar-refractivity contribution is 0.501. The van der Waals surface area contributed by atoms with Gasteiger partial charge in [-0.15, -0.1) is 0 Å². The highest BCUT2D eigenvalue weighted by Crippen LogP contribution is 2.29. The number of nitrogens with zero attached hydrogens (tertiary/aromatic N) is 4. The molecule has 0 saturated carbocycles. The van der Waals surface area contributed by atoms with Gasteiger partial charge in [-0.1, -0.05) is 89.2 Å². The molecule has 5 nitrogen and oxygen atoms in total. The molecule has 0 aliphatic rings. The van der Waals surface area contributed by atoms with E-state index in [2.05, 4.69) is 69.6 Å². The van der Waals surface area contributed by atoms with Crippen LogP contribution < -0.4 is 11.0 Å². The normalized spacial score (nSPS) is 13.0. The average molecular weight is 444 g/mol. The lowest BCUT2D eigenvalue weighted by Crippen LogP contribution is -2.32. The molecule has 0 amide bonds. The molecule has 0 fully saturated rings. The summed E-state index contributed by atoms with van der Waals surface area (Å²) in [4.78, 5) is 5.08. The summed E-state index contributed by atoms with van der Waals surface area (Å²) < 4.78 is 2.28. The third-order valence-electron chi connectivity index (χ3n) is 5.57. The molecule has 0 bridgehead atoms. The first-order chi connectivity index (χ1) is 15.6. The number of hydrogen-bond acceptors (Lipinski definition) is 4. The van der Waals surface area contributed by atoms with Gasteiger partial charge in [0.25, 0.3) is 0 Å². The Hall–Kier alpha value is -3.18. The number of rotatable bonds is 8. The van der Waals surface area contributed by atoms with Gasteiger partial charge in [0.05, 0.1) is 17.1 Å². The van der Waals surface area contributed by atoms with Gasteiger partial charge < -0.3 is 4.57 Å². The van der Waals surface area contributed by atoms with Crippen LogP contribution in [0.3, 0.4) is 0 Å². The number of aromatic nitrogens is 2. The third kappa shape index (κ3) is 6.42. The van der Waals surface area contributed by atoms with Crippen LogP contribution in [0.25, 0.3) is 0 Å². The van der Waals surface area contributed by atoms with Crippen molar-refractivity contribution in [3.8, 4) is 0 Å². The highest BCUT2D eigenvalue weighted by molar-refractivity contribution is 5.99. The molecule has 0 radical (unpaired) electrons. The number of anilines is 1. The number of para-hydroxylation sites is 1. The Morgan fingerprint density at radius 1 is 1.00 bits per heavy atom. The van der Waals surface area contributed by atoms with Crippen LogP contribution in [0.1, 0.15) is 58.6 Å². The van der Waals surface area contributed by atoms with E-state index in [4.69, 9.17) is 15.9 Å². The van der Waals surface area contributed by atoms with Crippen molar-refractivity contribution in [3.63, 3.8) is 0 Å². The molecule has 3 aromatic rings. The quantitative estimate of drug-likeness (QED) is 0.260. The van der Waals surface area contributed by atoms with Gasteiger partial charge in [-0.3, -0.25) is 0 Å². The lowest BCUT2D eigenvalue weighted by Gasteiger charge is -2.26. The number of nitrogens with two attached hydrogens (primary N) is 1. The number of hydrogen-bond donors (Lipinski definition) is 1. The molecule has 0 aliphatic carbocycles. The Labute approximate surface area is 198 Å². The summed E-state index contributed by atoms with van der Waals surface area (Å²) in [6, 6.07) is 20.3. The van der Waals surface area contributed by atoms with Crippen molar-refractivity contribution in [2.75, 3.05) is 5.12 Å². The Morgan fingerprint density at radius 2 is 1.61 bits per heavy atom. The summed E-state index contributed by atoms with van der Waals surface area (Å²) in [5.74, 6) is 7.37. The lowest BCUT2D eigenvalue weighted by atomic mass is 9.82. The monoisotopic (exact) mass is 443 g/mol. The van der Waals surface area contributed by atoms with Gasteiger partial charge in [0, 0.05) is 30.0 Å². The van der Waals surface area contributed by atoms with Crippen molar-refractivity contribution < 1.29 is 0 Å². The Kier molecular flexibility index (Phi) is 7.54. The van der Waals surface area contributed by atoms with Gasteiger partial charge in [0.15, 0.2) is 0 Å². The topological polar surface area (TPSA) is 59.4 Å². The standard InChI is InChI=1S/C28H37N5/c1-7-14-25(31-33(29)24-17-12-9-13-18-24)28(5,6)19-23-21-32(26(30-23)27(2,3)4)20-22-15-10-8-11-16-22/h7-18,21H,19-20,29H2,1-6H3/b14-7-,31-25+. The first kappa shape index (κ1) is 24.5. The molecule has 3 rings (SSSR count). The molecule has 0 unspecified atom stereocenters. The average Bonchev–Trinajstić information content (AvgIpc) is 3.16. The van der Waals surface area contributed by atoms with Crippen LogP contribution in [0, 0.1) is 5.41 Å². The summed E-state index contributed by atoms with van der Waals surface area (Å²) in [6.07, 6.45) is 6.99. The van der Waals surface area contributed by atoms with Crippen molar-refractivity contribution in [3.05, 3.63) is 96.1 Å². The van der Waals surface area contributed by atoms with E-state index in [1.54, 1.807) is 0 Å². The molecule has 2 aromatic carbocycles. The second kappa shape index (κ2) is 10.2. The zero-order valence-electron chi connectivity index (χ0n) is 20.8. The minimum absolute atomic E-state index is 0.0568. The molecule has 2 N–H and O–H groups in total. The second-order valence-corrected chi connectivity index (χ2v) is 10.1. The predicted molar refractivity (Wildman–Crippen MR) is 139 cm³/mol. The summed E-state index contributed by atoms with van der Waals surface area (Å²) in [5, 5.41) is 6.21. The molecular weight excluding hydrogens is 406 g/mol. The third-order valence-corrected chi connectivity index (χ3v) is 5.57. The van der Waals surface area contributed by atoms with Crippen LogP contribution in [0.5, 0.6) is 0 Å². The minimum Gasteiger partial charge on any atom is -0.330 e. The van der Waals surface area contributed by atoms with E-state index in [1.807, 2.05) is 55.5 Å². The summed E-state index contributed by atoms with van der Waals surface area (Å²) in [7, 11) is 0. The fourth-order valence-electron chi connectivity index (χ4n) is 3.90. The smallest absolute Gasteiger partial charge is 0.114 e. The SMILES string of the molecule is C/C=C\C(=N/N(N)c1ccccc1)C(C)(C)Cc1cn(Cc2ccccc2)c(C(C)(C)C)n1. The largest absolute Gasteiger partial charge is 0.330 e. The zero-order chi connectivity index (χ0) is 24.1. The van der Waals surface area contributed by atoms with Crippen LogP contribution in [0.2, 0.25) is 0 Å². The molecule has 0 spiro atoms. The van der Waals surface area contributed by atoms with E-state index in [0.29, 0.717) is 0 Å². The minimum atomic E-state index is -0.264. The number of benzene rings is 2.